The summed E-state index contributed by atoms with van der Waals surface area (Å²) >= 11 is 0. The molecule has 0 amide bonds. The molecule has 0 fully saturated rings. The summed E-state index contributed by atoms with van der Waals surface area (Å²) in [5.74, 6) is 0.846. The third kappa shape index (κ3) is 5.56. The monoisotopic (exact) mass is 325 g/mol. The van der Waals surface area contributed by atoms with Crippen molar-refractivity contribution in [2.24, 2.45) is 5.16 Å². The fourth-order valence-corrected chi connectivity index (χ4v) is 2.23. The molecule has 0 aromatic heterocycles. The molecule has 0 aliphatic heterocycles. The van der Waals surface area contributed by atoms with Crippen LogP contribution in [0.15, 0.2) is 65.8 Å². The smallest absolute Gasteiger partial charge is 0.119 e. The van der Waals surface area contributed by atoms with Crippen LogP contribution in [0.25, 0.3) is 11.1 Å². The lowest BCUT2D eigenvalue weighted by Gasteiger charge is -2.08. The number of oxime groups is 1. The van der Waals surface area contributed by atoms with Gasteiger partial charge in [0.05, 0.1) is 6.21 Å². The predicted molar refractivity (Wildman–Crippen MR) is 97.6 cm³/mol. The highest BCUT2D eigenvalue weighted by molar-refractivity contribution is 5.90. The van der Waals surface area contributed by atoms with Gasteiger partial charge in [0.15, 0.2) is 0 Å². The Balaban J connectivity index is 1.99. The Labute approximate surface area is 143 Å². The van der Waals surface area contributed by atoms with E-state index in [0.29, 0.717) is 6.61 Å². The fraction of sp³-hybridized carbons (Fsp3) is 0.250. The first kappa shape index (κ1) is 17.8. The Morgan fingerprint density at radius 2 is 1.75 bits per heavy atom. The first-order valence-corrected chi connectivity index (χ1v) is 7.88. The maximum Gasteiger partial charge on any atom is 0.119 e. The zero-order chi connectivity index (χ0) is 17.0. The summed E-state index contributed by atoms with van der Waals surface area (Å²) in [7, 11) is 3.24. The number of methoxy groups -OCH3 is 1. The molecule has 126 valence electrons. The second-order valence-electron chi connectivity index (χ2n) is 5.09. The van der Waals surface area contributed by atoms with Gasteiger partial charge in [0.2, 0.25) is 0 Å². The number of rotatable bonds is 9. The van der Waals surface area contributed by atoms with Crippen molar-refractivity contribution in [3.8, 4) is 16.9 Å². The van der Waals surface area contributed by atoms with Gasteiger partial charge in [-0.05, 0) is 29.7 Å². The van der Waals surface area contributed by atoms with E-state index in [1.807, 2.05) is 48.5 Å². The van der Waals surface area contributed by atoms with Crippen LogP contribution in [0.2, 0.25) is 0 Å². The molecule has 0 aliphatic rings. The minimum atomic E-state index is 0.556. The van der Waals surface area contributed by atoms with E-state index in [9.17, 15) is 0 Å². The summed E-state index contributed by atoms with van der Waals surface area (Å²) < 4.78 is 10.7. The molecule has 2 aromatic rings. The van der Waals surface area contributed by atoms with Crippen LogP contribution in [0, 0.1) is 0 Å². The van der Waals surface area contributed by atoms with Crippen LogP contribution in [0.4, 0.5) is 0 Å². The van der Waals surface area contributed by atoms with E-state index in [2.05, 4.69) is 17.3 Å². The summed E-state index contributed by atoms with van der Waals surface area (Å²) in [6.07, 6.45) is 6.68. The molecule has 24 heavy (non-hydrogen) atoms. The molecule has 0 bridgehead atoms. The van der Waals surface area contributed by atoms with Crippen LogP contribution >= 0.6 is 0 Å². The van der Waals surface area contributed by atoms with Crippen LogP contribution in [0.3, 0.4) is 0 Å². The number of hydrogen-bond donors (Lipinski definition) is 0. The van der Waals surface area contributed by atoms with Crippen LogP contribution in [0.1, 0.15) is 12.0 Å². The van der Waals surface area contributed by atoms with Gasteiger partial charge < -0.3 is 14.3 Å². The fourth-order valence-electron chi connectivity index (χ4n) is 2.23. The SMILES string of the molecule is COCC/C=C/COc1ccc(-c2ccccc2/C=N/OC)cc1. The van der Waals surface area contributed by atoms with Gasteiger partial charge in [-0.3, -0.25) is 0 Å². The third-order valence-corrected chi connectivity index (χ3v) is 3.42. The largest absolute Gasteiger partial charge is 0.490 e. The Morgan fingerprint density at radius 1 is 0.958 bits per heavy atom. The molecule has 4 heteroatoms. The minimum Gasteiger partial charge on any atom is -0.490 e. The highest BCUT2D eigenvalue weighted by Crippen LogP contribution is 2.25. The number of benzene rings is 2. The lowest BCUT2D eigenvalue weighted by atomic mass is 10.0. The molecule has 4 nitrogen and oxygen atoms in total. The Kier molecular flexibility index (Phi) is 7.57. The normalized spacial score (nSPS) is 11.2. The van der Waals surface area contributed by atoms with E-state index in [-0.39, 0.29) is 0 Å². The quantitative estimate of drug-likeness (QED) is 0.299. The predicted octanol–water partition coefficient (Wildman–Crippen LogP) is 4.31. The maximum absolute atomic E-state index is 5.70. The number of hydrogen-bond acceptors (Lipinski definition) is 4. The van der Waals surface area contributed by atoms with Crippen LogP contribution in [0.5, 0.6) is 5.75 Å². The van der Waals surface area contributed by atoms with Crippen LogP contribution in [-0.4, -0.2) is 33.6 Å². The summed E-state index contributed by atoms with van der Waals surface area (Å²) in [4.78, 5) is 4.77. The third-order valence-electron chi connectivity index (χ3n) is 3.42. The topological polar surface area (TPSA) is 40.0 Å². The van der Waals surface area contributed by atoms with Gasteiger partial charge in [-0.1, -0.05) is 53.7 Å². The van der Waals surface area contributed by atoms with Gasteiger partial charge in [0, 0.05) is 19.3 Å². The van der Waals surface area contributed by atoms with E-state index >= 15 is 0 Å². The van der Waals surface area contributed by atoms with E-state index in [4.69, 9.17) is 14.3 Å². The summed E-state index contributed by atoms with van der Waals surface area (Å²) in [5, 5.41) is 3.85. The average Bonchev–Trinajstić information content (AvgIpc) is 2.64. The Morgan fingerprint density at radius 3 is 2.50 bits per heavy atom. The molecular formula is C20H23NO3. The molecule has 0 heterocycles. The van der Waals surface area contributed by atoms with Gasteiger partial charge >= 0.3 is 0 Å². The van der Waals surface area contributed by atoms with Crippen molar-refractivity contribution in [2.45, 2.75) is 6.42 Å². The van der Waals surface area contributed by atoms with Gasteiger partial charge in [-0.25, -0.2) is 0 Å². The molecule has 0 spiro atoms. The van der Waals surface area contributed by atoms with E-state index < -0.39 is 0 Å². The van der Waals surface area contributed by atoms with Crippen LogP contribution in [-0.2, 0) is 9.57 Å². The Hall–Kier alpha value is -2.59. The molecule has 0 atom stereocenters. The standard InChI is InChI=1S/C20H23NO3/c1-22-14-6-3-7-15-24-19-12-10-17(11-13-19)20-9-5-4-8-18(20)16-21-23-2/h3-5,7-13,16H,6,14-15H2,1-2H3/b7-3+,21-16+. The molecule has 2 rings (SSSR count). The van der Waals surface area contributed by atoms with Crippen molar-refractivity contribution in [3.05, 3.63) is 66.2 Å². The molecule has 2 aromatic carbocycles. The van der Waals surface area contributed by atoms with Crippen molar-refractivity contribution in [1.29, 1.82) is 0 Å². The average molecular weight is 325 g/mol. The van der Waals surface area contributed by atoms with Gasteiger partial charge in [-0.15, -0.1) is 0 Å². The van der Waals surface area contributed by atoms with E-state index in [0.717, 1.165) is 35.5 Å². The molecular weight excluding hydrogens is 302 g/mol. The zero-order valence-corrected chi connectivity index (χ0v) is 14.1. The Bertz CT molecular complexity index is 663. The van der Waals surface area contributed by atoms with Gasteiger partial charge in [-0.2, -0.15) is 0 Å². The van der Waals surface area contributed by atoms with E-state index in [1.54, 1.807) is 13.3 Å². The summed E-state index contributed by atoms with van der Waals surface area (Å²) in [6.45, 7) is 1.29. The molecule has 0 unspecified atom stereocenters. The molecule has 0 radical (unpaired) electrons. The highest BCUT2D eigenvalue weighted by Gasteiger charge is 2.03. The van der Waals surface area contributed by atoms with E-state index in [1.165, 1.54) is 7.11 Å². The van der Waals surface area contributed by atoms with Crippen molar-refractivity contribution in [2.75, 3.05) is 27.4 Å². The van der Waals surface area contributed by atoms with Gasteiger partial charge in [0.1, 0.15) is 19.5 Å². The lowest BCUT2D eigenvalue weighted by Crippen LogP contribution is -1.94. The first-order valence-electron chi connectivity index (χ1n) is 7.88. The summed E-state index contributed by atoms with van der Waals surface area (Å²) in [6, 6.07) is 16.1. The second-order valence-corrected chi connectivity index (χ2v) is 5.09. The highest BCUT2D eigenvalue weighted by atomic mass is 16.6. The first-order chi connectivity index (χ1) is 11.8. The lowest BCUT2D eigenvalue weighted by molar-refractivity contribution is 0.204. The number of nitrogens with zero attached hydrogens (tertiary/aromatic N) is 1. The maximum atomic E-state index is 5.70. The summed E-state index contributed by atoms with van der Waals surface area (Å²) in [5.41, 5.74) is 3.22. The zero-order valence-electron chi connectivity index (χ0n) is 14.1. The second kappa shape index (κ2) is 10.2. The molecule has 0 saturated carbocycles. The molecule has 0 saturated heterocycles. The molecule has 0 N–H and O–H groups in total. The van der Waals surface area contributed by atoms with Crippen molar-refractivity contribution in [3.63, 3.8) is 0 Å². The van der Waals surface area contributed by atoms with Crippen molar-refractivity contribution >= 4 is 6.21 Å². The van der Waals surface area contributed by atoms with Crippen molar-refractivity contribution in [1.82, 2.24) is 0 Å². The minimum absolute atomic E-state index is 0.556. The van der Waals surface area contributed by atoms with Gasteiger partial charge in [0.25, 0.3) is 0 Å². The number of ether oxygens (including phenoxy) is 2. The van der Waals surface area contributed by atoms with Crippen molar-refractivity contribution < 1.29 is 14.3 Å². The van der Waals surface area contributed by atoms with Crippen LogP contribution < -0.4 is 4.74 Å². The molecule has 0 aliphatic carbocycles.